The molecule has 1 aromatic heterocycles. The van der Waals surface area contributed by atoms with E-state index in [4.69, 9.17) is 9.47 Å². The van der Waals surface area contributed by atoms with Crippen molar-refractivity contribution in [3.63, 3.8) is 0 Å². The molecule has 3 amide bonds. The first kappa shape index (κ1) is 22.7. The summed E-state index contributed by atoms with van der Waals surface area (Å²) >= 11 is 0. The van der Waals surface area contributed by atoms with Gasteiger partial charge in [0.15, 0.2) is 5.82 Å². The van der Waals surface area contributed by atoms with Gasteiger partial charge in [0.2, 0.25) is 11.9 Å². The summed E-state index contributed by atoms with van der Waals surface area (Å²) in [6, 6.07) is -0.464. The van der Waals surface area contributed by atoms with E-state index in [-0.39, 0.29) is 30.7 Å². The standard InChI is InChI=1S/C21H31FN6O4/c1-2-23-20(30)28-7-3-6-21(14-31-13-18(29)26-21)17(28)12-32-16-4-8-27(9-5-16)19-24-10-15(22)11-25-19/h10-11,16-17H,2-9,12-14H2,1H3,(H,23,30)(H,26,29)/t17-,21+/m1/s1. The topological polar surface area (TPSA) is 109 Å². The number of anilines is 1. The monoisotopic (exact) mass is 450 g/mol. The van der Waals surface area contributed by atoms with Crippen molar-refractivity contribution in [1.29, 1.82) is 0 Å². The quantitative estimate of drug-likeness (QED) is 0.679. The molecule has 10 nitrogen and oxygen atoms in total. The molecule has 3 aliphatic heterocycles. The summed E-state index contributed by atoms with van der Waals surface area (Å²) in [6.45, 7) is 5.15. The van der Waals surface area contributed by atoms with Crippen LogP contribution in [0, 0.1) is 5.82 Å². The fourth-order valence-electron chi connectivity index (χ4n) is 4.84. The van der Waals surface area contributed by atoms with E-state index in [1.165, 1.54) is 12.4 Å². The first-order valence-corrected chi connectivity index (χ1v) is 11.3. The number of halogens is 1. The van der Waals surface area contributed by atoms with Crippen molar-refractivity contribution in [3.8, 4) is 0 Å². The van der Waals surface area contributed by atoms with Gasteiger partial charge in [-0.2, -0.15) is 0 Å². The second-order valence-electron chi connectivity index (χ2n) is 8.57. The normalized spacial score (nSPS) is 26.8. The van der Waals surface area contributed by atoms with Crippen LogP contribution in [0.4, 0.5) is 15.1 Å². The van der Waals surface area contributed by atoms with Gasteiger partial charge < -0.3 is 29.9 Å². The van der Waals surface area contributed by atoms with Gasteiger partial charge in [-0.1, -0.05) is 0 Å². The highest BCUT2D eigenvalue weighted by Crippen LogP contribution is 2.31. The minimum Gasteiger partial charge on any atom is -0.376 e. The number of morpholine rings is 1. The molecule has 1 aromatic rings. The van der Waals surface area contributed by atoms with Gasteiger partial charge >= 0.3 is 6.03 Å². The molecule has 2 atom stereocenters. The van der Waals surface area contributed by atoms with Crippen molar-refractivity contribution in [3.05, 3.63) is 18.2 Å². The Morgan fingerprint density at radius 1 is 1.34 bits per heavy atom. The maximum atomic E-state index is 13.1. The number of piperidine rings is 2. The predicted molar refractivity (Wildman–Crippen MR) is 114 cm³/mol. The van der Waals surface area contributed by atoms with E-state index in [0.717, 1.165) is 25.7 Å². The van der Waals surface area contributed by atoms with Gasteiger partial charge in [0.1, 0.15) is 6.61 Å². The van der Waals surface area contributed by atoms with E-state index < -0.39 is 11.4 Å². The molecule has 0 unspecified atom stereocenters. The predicted octanol–water partition coefficient (Wildman–Crippen LogP) is 0.680. The lowest BCUT2D eigenvalue weighted by Crippen LogP contribution is -2.72. The molecule has 3 fully saturated rings. The summed E-state index contributed by atoms with van der Waals surface area (Å²) in [5.74, 6) is -0.101. The molecule has 4 rings (SSSR count). The van der Waals surface area contributed by atoms with Gasteiger partial charge in [0.25, 0.3) is 0 Å². The van der Waals surface area contributed by atoms with Crippen molar-refractivity contribution < 1.29 is 23.5 Å². The fourth-order valence-corrected chi connectivity index (χ4v) is 4.84. The number of nitrogens with zero attached hydrogens (tertiary/aromatic N) is 4. The second-order valence-corrected chi connectivity index (χ2v) is 8.57. The smallest absolute Gasteiger partial charge is 0.317 e. The van der Waals surface area contributed by atoms with Gasteiger partial charge in [0, 0.05) is 26.2 Å². The number of nitrogens with one attached hydrogen (secondary N) is 2. The number of urea groups is 1. The summed E-state index contributed by atoms with van der Waals surface area (Å²) < 4.78 is 24.9. The molecule has 0 aliphatic carbocycles. The molecule has 3 saturated heterocycles. The third-order valence-electron chi connectivity index (χ3n) is 6.43. The number of ether oxygens (including phenoxy) is 2. The molecule has 1 spiro atoms. The van der Waals surface area contributed by atoms with Crippen molar-refractivity contribution in [1.82, 2.24) is 25.5 Å². The van der Waals surface area contributed by atoms with E-state index in [0.29, 0.717) is 45.3 Å². The number of hydrogen-bond acceptors (Lipinski definition) is 7. The SMILES string of the molecule is CCNC(=O)N1CCC[C@]2(COCC(=O)N2)[C@H]1COC1CCN(c2ncc(F)cn2)CC1. The molecule has 2 N–H and O–H groups in total. The number of rotatable bonds is 5. The van der Waals surface area contributed by atoms with Crippen LogP contribution in [0.25, 0.3) is 0 Å². The van der Waals surface area contributed by atoms with Gasteiger partial charge in [-0.3, -0.25) is 4.79 Å². The minimum absolute atomic E-state index is 0.0157. The molecule has 0 bridgehead atoms. The lowest BCUT2D eigenvalue weighted by Gasteiger charge is -2.51. The average Bonchev–Trinajstić information content (AvgIpc) is 2.79. The molecule has 4 heterocycles. The van der Waals surface area contributed by atoms with Crippen LogP contribution >= 0.6 is 0 Å². The van der Waals surface area contributed by atoms with Crippen LogP contribution in [0.2, 0.25) is 0 Å². The number of amides is 3. The molecular weight excluding hydrogens is 419 g/mol. The summed E-state index contributed by atoms with van der Waals surface area (Å²) in [5, 5.41) is 5.98. The lowest BCUT2D eigenvalue weighted by molar-refractivity contribution is -0.143. The number of carbonyl (C=O) groups excluding carboxylic acids is 2. The number of aromatic nitrogens is 2. The molecule has 0 radical (unpaired) electrons. The highest BCUT2D eigenvalue weighted by Gasteiger charge is 2.49. The van der Waals surface area contributed by atoms with E-state index in [2.05, 4.69) is 20.6 Å². The Morgan fingerprint density at radius 2 is 2.09 bits per heavy atom. The van der Waals surface area contributed by atoms with Crippen molar-refractivity contribution in [2.24, 2.45) is 0 Å². The van der Waals surface area contributed by atoms with Gasteiger partial charge in [-0.05, 0) is 32.6 Å². The maximum absolute atomic E-state index is 13.1. The van der Waals surface area contributed by atoms with E-state index in [1.54, 1.807) is 4.90 Å². The van der Waals surface area contributed by atoms with Crippen molar-refractivity contribution in [2.75, 3.05) is 50.9 Å². The van der Waals surface area contributed by atoms with Crippen LogP contribution in [0.3, 0.4) is 0 Å². The maximum Gasteiger partial charge on any atom is 0.317 e. The Kier molecular flexibility index (Phi) is 7.04. The lowest BCUT2D eigenvalue weighted by atomic mass is 9.81. The zero-order valence-corrected chi connectivity index (χ0v) is 18.4. The summed E-state index contributed by atoms with van der Waals surface area (Å²) in [7, 11) is 0. The first-order valence-electron chi connectivity index (χ1n) is 11.3. The second kappa shape index (κ2) is 9.95. The zero-order chi connectivity index (χ0) is 22.6. The third kappa shape index (κ3) is 4.93. The number of carbonyl (C=O) groups is 2. The summed E-state index contributed by atoms with van der Waals surface area (Å²) in [4.78, 5) is 36.8. The molecule has 11 heteroatoms. The molecule has 176 valence electrons. The van der Waals surface area contributed by atoms with Gasteiger partial charge in [-0.15, -0.1) is 0 Å². The van der Waals surface area contributed by atoms with E-state index in [9.17, 15) is 14.0 Å². The minimum atomic E-state index is -0.638. The Bertz CT molecular complexity index is 800. The van der Waals surface area contributed by atoms with E-state index in [1.807, 2.05) is 11.8 Å². The van der Waals surface area contributed by atoms with Crippen LogP contribution in [0.1, 0.15) is 32.6 Å². The highest BCUT2D eigenvalue weighted by atomic mass is 19.1. The van der Waals surface area contributed by atoms with Crippen LogP contribution in [0.15, 0.2) is 12.4 Å². The molecule has 32 heavy (non-hydrogen) atoms. The largest absolute Gasteiger partial charge is 0.376 e. The molecule has 0 aromatic carbocycles. The van der Waals surface area contributed by atoms with Crippen LogP contribution < -0.4 is 15.5 Å². The average molecular weight is 451 g/mol. The zero-order valence-electron chi connectivity index (χ0n) is 18.4. The Hall–Kier alpha value is -2.53. The Morgan fingerprint density at radius 3 is 2.78 bits per heavy atom. The number of hydrogen-bond donors (Lipinski definition) is 2. The van der Waals surface area contributed by atoms with Crippen LogP contribution in [-0.2, 0) is 14.3 Å². The van der Waals surface area contributed by atoms with E-state index >= 15 is 0 Å². The first-order chi connectivity index (χ1) is 15.5. The molecule has 0 saturated carbocycles. The molecule has 3 aliphatic rings. The third-order valence-corrected chi connectivity index (χ3v) is 6.43. The molecular formula is C21H31FN6O4. The van der Waals surface area contributed by atoms with Crippen molar-refractivity contribution in [2.45, 2.75) is 50.3 Å². The van der Waals surface area contributed by atoms with Crippen LogP contribution in [-0.4, -0.2) is 90.5 Å². The highest BCUT2D eigenvalue weighted by molar-refractivity contribution is 5.80. The fraction of sp³-hybridized carbons (Fsp3) is 0.714. The van der Waals surface area contributed by atoms with Gasteiger partial charge in [0.05, 0.1) is 43.3 Å². The summed E-state index contributed by atoms with van der Waals surface area (Å²) in [6.07, 6.45) is 5.42. The Labute approximate surface area is 186 Å². The Balaban J connectivity index is 1.39. The van der Waals surface area contributed by atoms with Crippen molar-refractivity contribution >= 4 is 17.9 Å². The van der Waals surface area contributed by atoms with Crippen LogP contribution in [0.5, 0.6) is 0 Å². The summed E-state index contributed by atoms with van der Waals surface area (Å²) in [5.41, 5.74) is -0.638. The number of likely N-dealkylation sites (tertiary alicyclic amines) is 1. The van der Waals surface area contributed by atoms with Gasteiger partial charge in [-0.25, -0.2) is 19.2 Å².